The Hall–Kier alpha value is -3.39. The Morgan fingerprint density at radius 3 is 2.14 bits per heavy atom. The van der Waals surface area contributed by atoms with E-state index in [1.807, 2.05) is 12.1 Å². The summed E-state index contributed by atoms with van der Waals surface area (Å²) in [7, 11) is 1.03. The Labute approximate surface area is 170 Å². The number of anilines is 1. The Kier molecular flexibility index (Phi) is 6.73. The summed E-state index contributed by atoms with van der Waals surface area (Å²) < 4.78 is 4.46. The van der Waals surface area contributed by atoms with E-state index in [4.69, 9.17) is 28.5 Å². The summed E-state index contributed by atoms with van der Waals surface area (Å²) >= 11 is 12.4. The topological polar surface area (TPSA) is 107 Å². The van der Waals surface area contributed by atoms with Crippen LogP contribution in [0.25, 0.3) is 0 Å². The summed E-state index contributed by atoms with van der Waals surface area (Å²) in [6, 6.07) is 12.8. The van der Waals surface area contributed by atoms with E-state index in [1.165, 1.54) is 36.4 Å². The molecular formula is C19H12Cl2N4O3. The molecule has 0 heterocycles. The number of aryl methyl sites for hydroxylation is 1. The van der Waals surface area contributed by atoms with Crippen molar-refractivity contribution in [3.05, 3.63) is 63.1 Å². The van der Waals surface area contributed by atoms with Crippen LogP contribution in [-0.4, -0.2) is 24.7 Å². The van der Waals surface area contributed by atoms with Crippen LogP contribution in [0.5, 0.6) is 0 Å². The molecule has 0 aliphatic heterocycles. The minimum atomic E-state index is -1.21. The highest BCUT2D eigenvalue weighted by Crippen LogP contribution is 2.35. The van der Waals surface area contributed by atoms with Crippen LogP contribution >= 0.6 is 23.2 Å². The number of esters is 1. The van der Waals surface area contributed by atoms with Crippen LogP contribution in [0.4, 0.5) is 5.69 Å². The van der Waals surface area contributed by atoms with Gasteiger partial charge in [-0.2, -0.15) is 20.6 Å². The predicted octanol–water partition coefficient (Wildman–Crippen LogP) is 3.61. The number of ether oxygens (including phenoxy) is 1. The second-order valence-corrected chi connectivity index (χ2v) is 6.25. The van der Waals surface area contributed by atoms with E-state index < -0.39 is 11.9 Å². The Balaban J connectivity index is 2.66. The Bertz CT molecular complexity index is 1030. The molecule has 2 rings (SSSR count). The molecule has 0 saturated heterocycles. The third-order valence-corrected chi connectivity index (χ3v) is 4.09. The Morgan fingerprint density at radius 1 is 1.11 bits per heavy atom. The second-order valence-electron chi connectivity index (χ2n) is 5.44. The number of methoxy groups -OCH3 is 1. The molecule has 0 aromatic heterocycles. The summed E-state index contributed by atoms with van der Waals surface area (Å²) in [6.45, 7) is 1.74. The Morgan fingerprint density at radius 2 is 1.68 bits per heavy atom. The number of rotatable bonds is 3. The molecule has 0 N–H and O–H groups in total. The number of hydrazone groups is 1. The fourth-order valence-corrected chi connectivity index (χ4v) is 2.97. The lowest BCUT2D eigenvalue weighted by Crippen LogP contribution is -2.34. The number of nitriles is 2. The number of hydrogen-bond donors (Lipinski definition) is 0. The average Bonchev–Trinajstić information content (AvgIpc) is 2.68. The van der Waals surface area contributed by atoms with Crippen molar-refractivity contribution < 1.29 is 14.3 Å². The van der Waals surface area contributed by atoms with Crippen molar-refractivity contribution in [3.8, 4) is 12.1 Å². The van der Waals surface area contributed by atoms with Crippen molar-refractivity contribution in [2.75, 3.05) is 12.1 Å². The van der Waals surface area contributed by atoms with Crippen molar-refractivity contribution in [1.82, 2.24) is 0 Å². The molecule has 0 unspecified atom stereocenters. The first-order valence-corrected chi connectivity index (χ1v) is 8.45. The molecule has 0 aliphatic carbocycles. The standard InChI is InChI=1S/C19H12Cl2N4O3/c1-11-7-14(20)17(15(21)8-11)25(18(26)19(27)28-2)24-16(10-23)13-5-3-12(9-22)4-6-13/h3-8H,1-2H3/b24-16+. The molecule has 2 aromatic carbocycles. The van der Waals surface area contributed by atoms with Crippen LogP contribution in [0.2, 0.25) is 10.0 Å². The zero-order valence-corrected chi connectivity index (χ0v) is 16.2. The highest BCUT2D eigenvalue weighted by molar-refractivity contribution is 6.44. The van der Waals surface area contributed by atoms with Crippen LogP contribution in [0.3, 0.4) is 0 Å². The summed E-state index contributed by atoms with van der Waals surface area (Å²) in [5.74, 6) is -2.40. The molecule has 0 atom stereocenters. The van der Waals surface area contributed by atoms with Gasteiger partial charge in [0.2, 0.25) is 0 Å². The van der Waals surface area contributed by atoms with Gasteiger partial charge in [0.25, 0.3) is 0 Å². The SMILES string of the molecule is COC(=O)C(=O)N(/N=C(\C#N)c1ccc(C#N)cc1)c1c(Cl)cc(C)cc1Cl. The van der Waals surface area contributed by atoms with Gasteiger partial charge >= 0.3 is 11.9 Å². The molecule has 28 heavy (non-hydrogen) atoms. The lowest BCUT2D eigenvalue weighted by molar-refractivity contribution is -0.151. The van der Waals surface area contributed by atoms with Gasteiger partial charge in [-0.1, -0.05) is 35.3 Å². The second kappa shape index (κ2) is 9.01. The molecule has 2 aromatic rings. The van der Waals surface area contributed by atoms with E-state index in [0.29, 0.717) is 16.1 Å². The van der Waals surface area contributed by atoms with Gasteiger partial charge in [-0.15, -0.1) is 0 Å². The maximum Gasteiger partial charge on any atom is 0.399 e. The third-order valence-electron chi connectivity index (χ3n) is 3.52. The van der Waals surface area contributed by atoms with E-state index in [1.54, 1.807) is 6.92 Å². The van der Waals surface area contributed by atoms with Crippen LogP contribution in [0.15, 0.2) is 41.5 Å². The van der Waals surface area contributed by atoms with Gasteiger partial charge in [-0.25, -0.2) is 4.79 Å². The number of carbonyl (C=O) groups is 2. The zero-order chi connectivity index (χ0) is 20.8. The van der Waals surface area contributed by atoms with Gasteiger partial charge in [0, 0.05) is 5.56 Å². The van der Waals surface area contributed by atoms with Gasteiger partial charge < -0.3 is 4.74 Å². The molecule has 0 radical (unpaired) electrons. The monoisotopic (exact) mass is 414 g/mol. The van der Waals surface area contributed by atoms with Crippen LogP contribution in [-0.2, 0) is 14.3 Å². The van der Waals surface area contributed by atoms with E-state index >= 15 is 0 Å². The summed E-state index contributed by atoms with van der Waals surface area (Å²) in [6.07, 6.45) is 0. The molecule has 0 aliphatic rings. The number of carbonyl (C=O) groups excluding carboxylic acids is 2. The number of benzene rings is 2. The van der Waals surface area contributed by atoms with Gasteiger partial charge in [-0.05, 0) is 36.8 Å². The molecule has 9 heteroatoms. The molecule has 1 amide bonds. The number of halogens is 2. The fraction of sp³-hybridized carbons (Fsp3) is 0.105. The van der Waals surface area contributed by atoms with Crippen molar-refractivity contribution in [2.45, 2.75) is 6.92 Å². The molecule has 7 nitrogen and oxygen atoms in total. The summed E-state index contributed by atoms with van der Waals surface area (Å²) in [5, 5.41) is 23.1. The molecule has 140 valence electrons. The van der Waals surface area contributed by atoms with Crippen molar-refractivity contribution in [1.29, 1.82) is 10.5 Å². The van der Waals surface area contributed by atoms with Gasteiger partial charge in [0.05, 0.1) is 28.8 Å². The maximum absolute atomic E-state index is 12.5. The molecular weight excluding hydrogens is 403 g/mol. The lowest BCUT2D eigenvalue weighted by Gasteiger charge is -2.19. The first-order chi connectivity index (χ1) is 13.3. The number of amides is 1. The highest BCUT2D eigenvalue weighted by atomic mass is 35.5. The van der Waals surface area contributed by atoms with Gasteiger partial charge in [-0.3, -0.25) is 4.79 Å². The highest BCUT2D eigenvalue weighted by Gasteiger charge is 2.29. The van der Waals surface area contributed by atoms with Crippen molar-refractivity contribution in [2.24, 2.45) is 5.10 Å². The molecule has 0 spiro atoms. The maximum atomic E-state index is 12.5. The largest absolute Gasteiger partial charge is 0.462 e. The first kappa shape index (κ1) is 20.9. The lowest BCUT2D eigenvalue weighted by atomic mass is 10.1. The minimum absolute atomic E-state index is 0.0584. The zero-order valence-electron chi connectivity index (χ0n) is 14.7. The molecule has 0 fully saturated rings. The van der Waals surface area contributed by atoms with Crippen LogP contribution in [0.1, 0.15) is 16.7 Å². The minimum Gasteiger partial charge on any atom is -0.462 e. The van der Waals surface area contributed by atoms with Gasteiger partial charge in [0.1, 0.15) is 11.8 Å². The van der Waals surface area contributed by atoms with E-state index in [2.05, 4.69) is 9.84 Å². The number of hydrogen-bond acceptors (Lipinski definition) is 6. The quantitative estimate of drug-likeness (QED) is 0.330. The number of nitrogens with zero attached hydrogens (tertiary/aromatic N) is 4. The van der Waals surface area contributed by atoms with Crippen molar-refractivity contribution in [3.63, 3.8) is 0 Å². The first-order valence-electron chi connectivity index (χ1n) is 7.69. The summed E-state index contributed by atoms with van der Waals surface area (Å²) in [4.78, 5) is 24.3. The predicted molar refractivity (Wildman–Crippen MR) is 104 cm³/mol. The van der Waals surface area contributed by atoms with E-state index in [0.717, 1.165) is 12.7 Å². The van der Waals surface area contributed by atoms with Crippen LogP contribution < -0.4 is 5.01 Å². The van der Waals surface area contributed by atoms with Crippen LogP contribution in [0, 0.1) is 29.6 Å². The third kappa shape index (κ3) is 4.47. The van der Waals surface area contributed by atoms with E-state index in [-0.39, 0.29) is 21.4 Å². The molecule has 0 bridgehead atoms. The smallest absolute Gasteiger partial charge is 0.399 e. The van der Waals surface area contributed by atoms with Gasteiger partial charge in [0.15, 0.2) is 5.71 Å². The van der Waals surface area contributed by atoms with E-state index in [9.17, 15) is 14.9 Å². The van der Waals surface area contributed by atoms with Crippen molar-refractivity contribution >= 4 is 46.5 Å². The summed E-state index contributed by atoms with van der Waals surface area (Å²) in [5.41, 5.74) is 1.16. The average molecular weight is 415 g/mol. The fourth-order valence-electron chi connectivity index (χ4n) is 2.21. The normalized spacial score (nSPS) is 10.6. The molecule has 0 saturated carbocycles.